The van der Waals surface area contributed by atoms with E-state index in [9.17, 15) is 0 Å². The van der Waals surface area contributed by atoms with Crippen LogP contribution >= 0.6 is 0 Å². The Balaban J connectivity index is 1.46. The molecular weight excluding hydrogens is 330 g/mol. The summed E-state index contributed by atoms with van der Waals surface area (Å²) >= 11 is 0. The lowest BCUT2D eigenvalue weighted by Crippen LogP contribution is -2.38. The molecule has 0 unspecified atom stereocenters. The van der Waals surface area contributed by atoms with Crippen LogP contribution in [0.5, 0.6) is 5.75 Å². The van der Waals surface area contributed by atoms with E-state index in [0.29, 0.717) is 18.3 Å². The molecule has 4 rings (SSSR count). The second kappa shape index (κ2) is 8.12. The molecule has 6 heteroatoms. The predicted octanol–water partition coefficient (Wildman–Crippen LogP) is 3.11. The van der Waals surface area contributed by atoms with Crippen molar-refractivity contribution in [1.82, 2.24) is 15.0 Å². The van der Waals surface area contributed by atoms with Crippen LogP contribution in [-0.2, 0) is 4.74 Å². The van der Waals surface area contributed by atoms with Crippen LogP contribution in [0.1, 0.15) is 0 Å². The lowest BCUT2D eigenvalue weighted by molar-refractivity contribution is 0.0323. The van der Waals surface area contributed by atoms with Crippen LogP contribution in [0.3, 0.4) is 0 Å². The summed E-state index contributed by atoms with van der Waals surface area (Å²) in [5.74, 6) is 1.79. The molecule has 1 aromatic heterocycles. The van der Waals surface area contributed by atoms with Gasteiger partial charge < -0.3 is 14.0 Å². The monoisotopic (exact) mass is 351 g/mol. The van der Waals surface area contributed by atoms with Gasteiger partial charge in [-0.05, 0) is 12.1 Å². The Hall–Kier alpha value is -2.70. The zero-order valence-electron chi connectivity index (χ0n) is 14.5. The molecule has 0 saturated carbocycles. The molecule has 2 heterocycles. The average molecular weight is 351 g/mol. The molecule has 3 aromatic rings. The highest BCUT2D eigenvalue weighted by molar-refractivity contribution is 5.65. The second-order valence-corrected chi connectivity index (χ2v) is 6.09. The first-order valence-electron chi connectivity index (χ1n) is 8.81. The Bertz CT molecular complexity index is 829. The summed E-state index contributed by atoms with van der Waals surface area (Å²) in [5, 5.41) is 4.09. The minimum absolute atomic E-state index is 0.464. The molecule has 0 aliphatic carbocycles. The normalized spacial score (nSPS) is 15.1. The van der Waals surface area contributed by atoms with Gasteiger partial charge in [0.1, 0.15) is 12.4 Å². The zero-order valence-corrected chi connectivity index (χ0v) is 14.5. The number of benzene rings is 2. The molecule has 0 atom stereocenters. The molecular formula is C20H21N3O3. The van der Waals surface area contributed by atoms with Crippen LogP contribution < -0.4 is 4.74 Å². The lowest BCUT2D eigenvalue weighted by Gasteiger charge is -2.26. The summed E-state index contributed by atoms with van der Waals surface area (Å²) in [6, 6.07) is 17.5. The van der Waals surface area contributed by atoms with Crippen LogP contribution in [0, 0.1) is 0 Å². The van der Waals surface area contributed by atoms with Gasteiger partial charge in [-0.2, -0.15) is 4.98 Å². The number of aromatic nitrogens is 2. The van der Waals surface area contributed by atoms with Gasteiger partial charge in [0.25, 0.3) is 5.89 Å². The van der Waals surface area contributed by atoms with Crippen molar-refractivity contribution >= 4 is 0 Å². The number of morpholine rings is 1. The average Bonchev–Trinajstić information content (AvgIpc) is 3.20. The maximum absolute atomic E-state index is 6.00. The van der Waals surface area contributed by atoms with Crippen molar-refractivity contribution in [2.75, 3.05) is 39.5 Å². The smallest absolute Gasteiger partial charge is 0.262 e. The molecule has 2 aromatic carbocycles. The molecule has 1 fully saturated rings. The van der Waals surface area contributed by atoms with Gasteiger partial charge in [-0.1, -0.05) is 47.6 Å². The molecule has 0 radical (unpaired) electrons. The van der Waals surface area contributed by atoms with Gasteiger partial charge in [-0.25, -0.2) is 0 Å². The van der Waals surface area contributed by atoms with Crippen molar-refractivity contribution in [3.05, 3.63) is 54.6 Å². The fourth-order valence-electron chi connectivity index (χ4n) is 2.92. The molecule has 0 bridgehead atoms. The van der Waals surface area contributed by atoms with Gasteiger partial charge in [-0.15, -0.1) is 0 Å². The first-order chi connectivity index (χ1) is 12.9. The van der Waals surface area contributed by atoms with Gasteiger partial charge in [0.05, 0.1) is 18.8 Å². The van der Waals surface area contributed by atoms with Gasteiger partial charge >= 0.3 is 0 Å². The third-order valence-electron chi connectivity index (χ3n) is 4.34. The van der Waals surface area contributed by atoms with Gasteiger partial charge in [0.15, 0.2) is 0 Å². The minimum atomic E-state index is 0.464. The predicted molar refractivity (Wildman–Crippen MR) is 97.9 cm³/mol. The van der Waals surface area contributed by atoms with E-state index in [2.05, 4.69) is 15.0 Å². The van der Waals surface area contributed by atoms with Gasteiger partial charge in [-0.3, -0.25) is 4.90 Å². The Labute approximate surface area is 152 Å². The molecule has 0 N–H and O–H groups in total. The maximum atomic E-state index is 6.00. The van der Waals surface area contributed by atoms with Gasteiger partial charge in [0.2, 0.25) is 5.82 Å². The van der Waals surface area contributed by atoms with E-state index in [1.807, 2.05) is 54.6 Å². The van der Waals surface area contributed by atoms with E-state index in [1.165, 1.54) is 0 Å². The van der Waals surface area contributed by atoms with Crippen molar-refractivity contribution < 1.29 is 14.0 Å². The summed E-state index contributed by atoms with van der Waals surface area (Å²) in [6.07, 6.45) is 0. The van der Waals surface area contributed by atoms with E-state index < -0.39 is 0 Å². The molecule has 26 heavy (non-hydrogen) atoms. The Morgan fingerprint density at radius 3 is 2.58 bits per heavy atom. The molecule has 134 valence electrons. The first-order valence-corrected chi connectivity index (χ1v) is 8.81. The van der Waals surface area contributed by atoms with E-state index >= 15 is 0 Å². The summed E-state index contributed by atoms with van der Waals surface area (Å²) in [5.41, 5.74) is 1.73. The standard InChI is InChI=1S/C20H21N3O3/c1-2-6-16(7-3-1)19-21-20(26-22-19)17-8-4-5-9-18(17)25-15-12-23-10-13-24-14-11-23/h1-9H,10-15H2. The highest BCUT2D eigenvalue weighted by Crippen LogP contribution is 2.30. The largest absolute Gasteiger partial charge is 0.491 e. The van der Waals surface area contributed by atoms with E-state index in [0.717, 1.165) is 49.7 Å². The van der Waals surface area contributed by atoms with Crippen LogP contribution in [-0.4, -0.2) is 54.5 Å². The van der Waals surface area contributed by atoms with Crippen LogP contribution in [0.4, 0.5) is 0 Å². The van der Waals surface area contributed by atoms with Crippen LogP contribution in [0.25, 0.3) is 22.8 Å². The first kappa shape index (κ1) is 16.8. The number of nitrogens with zero attached hydrogens (tertiary/aromatic N) is 3. The zero-order chi connectivity index (χ0) is 17.6. The van der Waals surface area contributed by atoms with Crippen molar-refractivity contribution in [1.29, 1.82) is 0 Å². The Morgan fingerprint density at radius 2 is 1.73 bits per heavy atom. The molecule has 6 nitrogen and oxygen atoms in total. The van der Waals surface area contributed by atoms with E-state index in [-0.39, 0.29) is 0 Å². The second-order valence-electron chi connectivity index (χ2n) is 6.09. The van der Waals surface area contributed by atoms with Crippen molar-refractivity contribution in [3.63, 3.8) is 0 Å². The highest BCUT2D eigenvalue weighted by Gasteiger charge is 2.15. The molecule has 0 spiro atoms. The number of hydrogen-bond acceptors (Lipinski definition) is 6. The van der Waals surface area contributed by atoms with E-state index in [1.54, 1.807) is 0 Å². The summed E-state index contributed by atoms with van der Waals surface area (Å²) in [6.45, 7) is 4.97. The SMILES string of the molecule is c1ccc(-c2noc(-c3ccccc3OCCN3CCOCC3)n2)cc1. The third kappa shape index (κ3) is 3.92. The summed E-state index contributed by atoms with van der Waals surface area (Å²) in [4.78, 5) is 6.86. The van der Waals surface area contributed by atoms with Crippen LogP contribution in [0.2, 0.25) is 0 Å². The fraction of sp³-hybridized carbons (Fsp3) is 0.300. The molecule has 1 aliphatic heterocycles. The molecule has 1 saturated heterocycles. The number of ether oxygens (including phenoxy) is 2. The lowest BCUT2D eigenvalue weighted by atomic mass is 10.2. The fourth-order valence-corrected chi connectivity index (χ4v) is 2.92. The maximum Gasteiger partial charge on any atom is 0.262 e. The number of hydrogen-bond donors (Lipinski definition) is 0. The van der Waals surface area contributed by atoms with E-state index in [4.69, 9.17) is 14.0 Å². The van der Waals surface area contributed by atoms with Crippen molar-refractivity contribution in [2.45, 2.75) is 0 Å². The third-order valence-corrected chi connectivity index (χ3v) is 4.34. The van der Waals surface area contributed by atoms with Crippen LogP contribution in [0.15, 0.2) is 59.1 Å². The molecule has 1 aliphatic rings. The molecule has 0 amide bonds. The quantitative estimate of drug-likeness (QED) is 0.680. The minimum Gasteiger partial charge on any atom is -0.491 e. The van der Waals surface area contributed by atoms with Crippen molar-refractivity contribution in [3.8, 4) is 28.6 Å². The van der Waals surface area contributed by atoms with Crippen molar-refractivity contribution in [2.24, 2.45) is 0 Å². The summed E-state index contributed by atoms with van der Waals surface area (Å²) in [7, 11) is 0. The van der Waals surface area contributed by atoms with Gasteiger partial charge in [0, 0.05) is 25.2 Å². The number of para-hydroxylation sites is 1. The Kier molecular flexibility index (Phi) is 5.23. The topological polar surface area (TPSA) is 60.6 Å². The number of rotatable bonds is 6. The Morgan fingerprint density at radius 1 is 0.962 bits per heavy atom. The highest BCUT2D eigenvalue weighted by atomic mass is 16.5. The summed E-state index contributed by atoms with van der Waals surface area (Å²) < 4.78 is 16.8.